The van der Waals surface area contributed by atoms with Gasteiger partial charge < -0.3 is 4.74 Å². The summed E-state index contributed by atoms with van der Waals surface area (Å²) in [6.45, 7) is 0. The van der Waals surface area contributed by atoms with E-state index in [1.807, 2.05) is 0 Å². The normalized spacial score (nSPS) is 31.0. The molecule has 1 heterocycles. The summed E-state index contributed by atoms with van der Waals surface area (Å²) in [5.74, 6) is 1.20. The second-order valence-corrected chi connectivity index (χ2v) is 6.07. The van der Waals surface area contributed by atoms with Crippen molar-refractivity contribution in [2.24, 2.45) is 11.8 Å². The third-order valence-electron chi connectivity index (χ3n) is 4.86. The van der Waals surface area contributed by atoms with Crippen LogP contribution in [0.25, 0.3) is 0 Å². The minimum atomic E-state index is 0.228. The predicted molar refractivity (Wildman–Crippen MR) is 84.8 cm³/mol. The van der Waals surface area contributed by atoms with E-state index in [4.69, 9.17) is 4.74 Å². The first kappa shape index (κ1) is 12.8. The van der Waals surface area contributed by atoms with Gasteiger partial charge in [0.15, 0.2) is 0 Å². The molecule has 4 rings (SSSR count). The van der Waals surface area contributed by atoms with Crippen LogP contribution in [0.5, 0.6) is 0 Å². The van der Waals surface area contributed by atoms with Gasteiger partial charge in [-0.25, -0.2) is 0 Å². The summed E-state index contributed by atoms with van der Waals surface area (Å²) in [6.07, 6.45) is 7.38. The van der Waals surface area contributed by atoms with Gasteiger partial charge in [0.25, 0.3) is 0 Å². The Balaban J connectivity index is 1.70. The zero-order valence-electron chi connectivity index (χ0n) is 12.1. The third-order valence-corrected chi connectivity index (χ3v) is 4.86. The van der Waals surface area contributed by atoms with E-state index in [1.165, 1.54) is 11.1 Å². The van der Waals surface area contributed by atoms with E-state index in [9.17, 15) is 0 Å². The van der Waals surface area contributed by atoms with Gasteiger partial charge in [0, 0.05) is 0 Å². The van der Waals surface area contributed by atoms with Crippen molar-refractivity contribution in [1.82, 2.24) is 0 Å². The number of benzene rings is 2. The number of ether oxygens (including phenoxy) is 1. The maximum absolute atomic E-state index is 6.54. The van der Waals surface area contributed by atoms with Gasteiger partial charge in [0.2, 0.25) is 0 Å². The summed E-state index contributed by atoms with van der Waals surface area (Å²) in [6, 6.07) is 21.4. The van der Waals surface area contributed by atoms with Gasteiger partial charge in [0.05, 0.1) is 12.2 Å². The van der Waals surface area contributed by atoms with Gasteiger partial charge in [-0.05, 0) is 35.8 Å². The maximum atomic E-state index is 6.54. The van der Waals surface area contributed by atoms with Gasteiger partial charge in [-0.1, -0.05) is 72.8 Å². The lowest BCUT2D eigenvalue weighted by atomic mass is 9.76. The Hall–Kier alpha value is -1.86. The van der Waals surface area contributed by atoms with Crippen molar-refractivity contribution in [3.05, 3.63) is 83.9 Å². The summed E-state index contributed by atoms with van der Waals surface area (Å²) in [5.41, 5.74) is 2.64. The van der Waals surface area contributed by atoms with E-state index in [1.54, 1.807) is 0 Å². The van der Waals surface area contributed by atoms with Gasteiger partial charge in [-0.15, -0.1) is 0 Å². The van der Waals surface area contributed by atoms with Crippen molar-refractivity contribution < 1.29 is 4.74 Å². The summed E-state index contributed by atoms with van der Waals surface area (Å²) < 4.78 is 6.54. The Bertz CT molecular complexity index is 561. The topological polar surface area (TPSA) is 9.23 Å². The Labute approximate surface area is 126 Å². The van der Waals surface area contributed by atoms with Crippen LogP contribution in [-0.2, 0) is 4.74 Å². The first-order valence-electron chi connectivity index (χ1n) is 7.84. The molecule has 0 aromatic heterocycles. The molecule has 0 amide bonds. The molecule has 1 nitrogen and oxygen atoms in total. The van der Waals surface area contributed by atoms with Crippen LogP contribution in [0, 0.1) is 11.8 Å². The molecule has 4 unspecified atom stereocenters. The molecular formula is C20H20O. The Morgan fingerprint density at radius 3 is 1.48 bits per heavy atom. The van der Waals surface area contributed by atoms with Crippen LogP contribution in [0.15, 0.2) is 72.8 Å². The van der Waals surface area contributed by atoms with Crippen LogP contribution in [0.2, 0.25) is 0 Å². The van der Waals surface area contributed by atoms with E-state index in [-0.39, 0.29) is 12.2 Å². The van der Waals surface area contributed by atoms with Crippen LogP contribution in [0.1, 0.15) is 36.2 Å². The van der Waals surface area contributed by atoms with Gasteiger partial charge >= 0.3 is 0 Å². The fourth-order valence-electron chi connectivity index (χ4n) is 3.85. The minimum Gasteiger partial charge on any atom is -0.365 e. The Kier molecular flexibility index (Phi) is 3.36. The number of hydrogen-bond donors (Lipinski definition) is 0. The molecule has 0 spiro atoms. The highest BCUT2D eigenvalue weighted by Crippen LogP contribution is 2.53. The highest BCUT2D eigenvalue weighted by atomic mass is 16.5. The molecule has 0 radical (unpaired) electrons. The van der Waals surface area contributed by atoms with Crippen molar-refractivity contribution in [3.8, 4) is 0 Å². The SMILES string of the molecule is C1=CCC2C(c3ccccc3)OC(c3ccccc3)C2C1. The Morgan fingerprint density at radius 2 is 1.05 bits per heavy atom. The largest absolute Gasteiger partial charge is 0.365 e. The molecule has 0 bridgehead atoms. The van der Waals surface area contributed by atoms with Crippen molar-refractivity contribution >= 4 is 0 Å². The molecule has 2 aromatic carbocycles. The molecule has 4 atom stereocenters. The average molecular weight is 276 g/mol. The average Bonchev–Trinajstić information content (AvgIpc) is 2.96. The first-order valence-corrected chi connectivity index (χ1v) is 7.84. The standard InChI is InChI=1S/C20H20O/c1-3-9-15(10-4-1)19-17-13-7-8-14-18(17)20(21-19)16-11-5-2-6-12-16/h1-12,17-20H,13-14H2. The molecule has 1 saturated heterocycles. The van der Waals surface area contributed by atoms with Crippen LogP contribution in [0.3, 0.4) is 0 Å². The van der Waals surface area contributed by atoms with Crippen molar-refractivity contribution in [2.45, 2.75) is 25.0 Å². The number of allylic oxidation sites excluding steroid dienone is 2. The van der Waals surface area contributed by atoms with E-state index >= 15 is 0 Å². The van der Waals surface area contributed by atoms with Crippen LogP contribution in [0.4, 0.5) is 0 Å². The number of hydrogen-bond acceptors (Lipinski definition) is 1. The quantitative estimate of drug-likeness (QED) is 0.695. The lowest BCUT2D eigenvalue weighted by Crippen LogP contribution is -2.18. The lowest BCUT2D eigenvalue weighted by molar-refractivity contribution is 0.0275. The fourth-order valence-corrected chi connectivity index (χ4v) is 3.85. The lowest BCUT2D eigenvalue weighted by Gasteiger charge is -2.25. The second-order valence-electron chi connectivity index (χ2n) is 6.07. The molecule has 21 heavy (non-hydrogen) atoms. The number of fused-ring (bicyclic) bond motifs is 1. The smallest absolute Gasteiger partial charge is 0.0868 e. The summed E-state index contributed by atoms with van der Waals surface area (Å²) in [4.78, 5) is 0. The van der Waals surface area contributed by atoms with Crippen LogP contribution in [-0.4, -0.2) is 0 Å². The summed E-state index contributed by atoms with van der Waals surface area (Å²) in [7, 11) is 0. The van der Waals surface area contributed by atoms with Gasteiger partial charge in [-0.3, -0.25) is 0 Å². The van der Waals surface area contributed by atoms with Crippen molar-refractivity contribution in [3.63, 3.8) is 0 Å². The molecule has 2 aromatic rings. The summed E-state index contributed by atoms with van der Waals surface area (Å²) >= 11 is 0. The molecule has 0 N–H and O–H groups in total. The maximum Gasteiger partial charge on any atom is 0.0868 e. The minimum absolute atomic E-state index is 0.228. The van der Waals surface area contributed by atoms with E-state index in [2.05, 4.69) is 72.8 Å². The highest BCUT2D eigenvalue weighted by molar-refractivity contribution is 5.26. The van der Waals surface area contributed by atoms with Crippen molar-refractivity contribution in [2.75, 3.05) is 0 Å². The molecule has 1 heteroatoms. The van der Waals surface area contributed by atoms with Crippen molar-refractivity contribution in [1.29, 1.82) is 0 Å². The monoisotopic (exact) mass is 276 g/mol. The number of rotatable bonds is 2. The molecule has 106 valence electrons. The molecule has 0 saturated carbocycles. The van der Waals surface area contributed by atoms with Gasteiger partial charge in [0.1, 0.15) is 0 Å². The summed E-state index contributed by atoms with van der Waals surface area (Å²) in [5, 5.41) is 0. The molecule has 1 aliphatic heterocycles. The van der Waals surface area contributed by atoms with Gasteiger partial charge in [-0.2, -0.15) is 0 Å². The fraction of sp³-hybridized carbons (Fsp3) is 0.300. The third kappa shape index (κ3) is 2.32. The zero-order chi connectivity index (χ0) is 14.1. The molecule has 1 aliphatic carbocycles. The Morgan fingerprint density at radius 1 is 0.619 bits per heavy atom. The second kappa shape index (κ2) is 5.50. The van der Waals surface area contributed by atoms with E-state index in [0.29, 0.717) is 11.8 Å². The molecule has 1 fully saturated rings. The predicted octanol–water partition coefficient (Wildman–Crippen LogP) is 5.08. The first-order chi connectivity index (χ1) is 10.4. The van der Waals surface area contributed by atoms with E-state index in [0.717, 1.165) is 12.8 Å². The van der Waals surface area contributed by atoms with Crippen LogP contribution >= 0.6 is 0 Å². The highest BCUT2D eigenvalue weighted by Gasteiger charge is 2.45. The van der Waals surface area contributed by atoms with E-state index < -0.39 is 0 Å². The zero-order valence-corrected chi connectivity index (χ0v) is 12.1. The van der Waals surface area contributed by atoms with Crippen LogP contribution < -0.4 is 0 Å². The molecular weight excluding hydrogens is 256 g/mol. The molecule has 2 aliphatic rings.